The number of amides is 1. The zero-order valence-electron chi connectivity index (χ0n) is 12.7. The quantitative estimate of drug-likeness (QED) is 0.807. The van der Waals surface area contributed by atoms with Gasteiger partial charge in [-0.1, -0.05) is 11.8 Å². The summed E-state index contributed by atoms with van der Waals surface area (Å²) in [6, 6.07) is 2.02. The maximum Gasteiger partial charge on any atom is 0.255 e. The number of nitrogens with zero attached hydrogens (tertiary/aromatic N) is 3. The highest BCUT2D eigenvalue weighted by Gasteiger charge is 2.25. The van der Waals surface area contributed by atoms with E-state index in [1.54, 1.807) is 18.5 Å². The Bertz CT molecular complexity index is 553. The highest BCUT2D eigenvalue weighted by Crippen LogP contribution is 2.17. The number of hydrogen-bond donors (Lipinski definition) is 1. The van der Waals surface area contributed by atoms with Gasteiger partial charge in [0, 0.05) is 25.5 Å². The van der Waals surface area contributed by atoms with Gasteiger partial charge in [-0.05, 0) is 39.0 Å². The average molecular weight is 286 g/mol. The van der Waals surface area contributed by atoms with Crippen molar-refractivity contribution < 1.29 is 4.79 Å². The van der Waals surface area contributed by atoms with E-state index in [0.29, 0.717) is 11.1 Å². The molecular formula is C16H22N4O. The second-order valence-corrected chi connectivity index (χ2v) is 5.38. The van der Waals surface area contributed by atoms with Crippen LogP contribution in [0, 0.1) is 11.8 Å². The van der Waals surface area contributed by atoms with Crippen LogP contribution >= 0.6 is 0 Å². The van der Waals surface area contributed by atoms with Crippen molar-refractivity contribution in [3.05, 3.63) is 29.6 Å². The molecule has 0 atom stereocenters. The number of piperidine rings is 1. The van der Waals surface area contributed by atoms with Crippen LogP contribution < -0.4 is 5.73 Å². The van der Waals surface area contributed by atoms with Crippen LogP contribution in [-0.2, 0) is 0 Å². The summed E-state index contributed by atoms with van der Waals surface area (Å²) in [5, 5.41) is 0. The SMILES string of the molecule is CN1CCC(N(C)C(=O)c2ccncc2C#CCN)CC1. The number of nitrogens with two attached hydrogens (primary N) is 1. The Hall–Kier alpha value is -1.90. The molecule has 0 aliphatic carbocycles. The zero-order valence-corrected chi connectivity index (χ0v) is 12.7. The summed E-state index contributed by atoms with van der Waals surface area (Å²) in [5.41, 5.74) is 6.65. The highest BCUT2D eigenvalue weighted by molar-refractivity contribution is 5.96. The number of aromatic nitrogens is 1. The zero-order chi connectivity index (χ0) is 15.2. The van der Waals surface area contributed by atoms with Crippen LogP contribution in [0.5, 0.6) is 0 Å². The van der Waals surface area contributed by atoms with Crippen molar-refractivity contribution in [2.45, 2.75) is 18.9 Å². The molecule has 0 aromatic carbocycles. The topological polar surface area (TPSA) is 62.5 Å². The molecule has 5 heteroatoms. The number of pyridine rings is 1. The summed E-state index contributed by atoms with van der Waals surface area (Å²) >= 11 is 0. The monoisotopic (exact) mass is 286 g/mol. The first kappa shape index (κ1) is 15.5. The minimum absolute atomic E-state index is 0.00766. The maximum absolute atomic E-state index is 12.7. The molecule has 5 nitrogen and oxygen atoms in total. The summed E-state index contributed by atoms with van der Waals surface area (Å²) in [5.74, 6) is 5.72. The van der Waals surface area contributed by atoms with Crippen LogP contribution in [0.25, 0.3) is 0 Å². The van der Waals surface area contributed by atoms with Crippen LogP contribution in [0.2, 0.25) is 0 Å². The number of carbonyl (C=O) groups excluding carboxylic acids is 1. The van der Waals surface area contributed by atoms with Gasteiger partial charge in [0.15, 0.2) is 0 Å². The van der Waals surface area contributed by atoms with Gasteiger partial charge in [-0.25, -0.2) is 0 Å². The van der Waals surface area contributed by atoms with Crippen molar-refractivity contribution in [1.82, 2.24) is 14.8 Å². The molecule has 0 saturated carbocycles. The highest BCUT2D eigenvalue weighted by atomic mass is 16.2. The predicted molar refractivity (Wildman–Crippen MR) is 82.8 cm³/mol. The van der Waals surface area contributed by atoms with Gasteiger partial charge >= 0.3 is 0 Å². The van der Waals surface area contributed by atoms with Gasteiger partial charge in [0.1, 0.15) is 0 Å². The van der Waals surface area contributed by atoms with E-state index in [0.717, 1.165) is 25.9 Å². The lowest BCUT2D eigenvalue weighted by molar-refractivity contribution is 0.0659. The molecule has 0 bridgehead atoms. The standard InChI is InChI=1S/C16H22N4O/c1-19-10-6-14(7-11-19)20(2)16(21)15-5-9-18-12-13(15)4-3-8-17/h5,9,12,14H,6-8,10-11,17H2,1-2H3. The van der Waals surface area contributed by atoms with Gasteiger partial charge in [-0.15, -0.1) is 0 Å². The number of likely N-dealkylation sites (tertiary alicyclic amines) is 1. The predicted octanol–water partition coefficient (Wildman–Crippen LogP) is 0.558. The Labute approximate surface area is 126 Å². The van der Waals surface area contributed by atoms with Crippen LogP contribution in [0.1, 0.15) is 28.8 Å². The van der Waals surface area contributed by atoms with E-state index < -0.39 is 0 Å². The Morgan fingerprint density at radius 2 is 2.24 bits per heavy atom. The third kappa shape index (κ3) is 3.81. The van der Waals surface area contributed by atoms with Crippen molar-refractivity contribution in [3.63, 3.8) is 0 Å². The Kier molecular flexibility index (Phi) is 5.32. The smallest absolute Gasteiger partial charge is 0.255 e. The van der Waals surface area contributed by atoms with Gasteiger partial charge in [0.2, 0.25) is 0 Å². The van der Waals surface area contributed by atoms with Crippen LogP contribution in [0.3, 0.4) is 0 Å². The van der Waals surface area contributed by atoms with Crippen molar-refractivity contribution in [3.8, 4) is 11.8 Å². The van der Waals surface area contributed by atoms with Crippen molar-refractivity contribution in [2.24, 2.45) is 5.73 Å². The van der Waals surface area contributed by atoms with Crippen molar-refractivity contribution in [2.75, 3.05) is 33.7 Å². The molecule has 2 heterocycles. The van der Waals surface area contributed by atoms with E-state index in [9.17, 15) is 4.79 Å². The van der Waals surface area contributed by atoms with E-state index in [-0.39, 0.29) is 18.5 Å². The minimum atomic E-state index is 0.00766. The molecule has 0 radical (unpaired) electrons. The van der Waals surface area contributed by atoms with Crippen molar-refractivity contribution in [1.29, 1.82) is 0 Å². The third-order valence-electron chi connectivity index (χ3n) is 3.93. The van der Waals surface area contributed by atoms with E-state index in [2.05, 4.69) is 28.8 Å². The lowest BCUT2D eigenvalue weighted by Crippen LogP contribution is -2.44. The molecule has 2 rings (SSSR count). The fraction of sp³-hybridized carbons (Fsp3) is 0.500. The van der Waals surface area contributed by atoms with E-state index >= 15 is 0 Å². The van der Waals surface area contributed by atoms with Gasteiger partial charge in [0.25, 0.3) is 5.91 Å². The Morgan fingerprint density at radius 3 is 2.90 bits per heavy atom. The second kappa shape index (κ2) is 7.21. The van der Waals surface area contributed by atoms with Gasteiger partial charge < -0.3 is 15.5 Å². The summed E-state index contributed by atoms with van der Waals surface area (Å²) in [6.45, 7) is 2.32. The number of carbonyl (C=O) groups is 1. The fourth-order valence-corrected chi connectivity index (χ4v) is 2.56. The molecule has 1 aromatic rings. The van der Waals surface area contributed by atoms with Gasteiger partial charge in [0.05, 0.1) is 17.7 Å². The van der Waals surface area contributed by atoms with Crippen LogP contribution in [0.4, 0.5) is 0 Å². The van der Waals surface area contributed by atoms with E-state index in [1.807, 2.05) is 11.9 Å². The summed E-state index contributed by atoms with van der Waals surface area (Å²) in [7, 11) is 3.99. The summed E-state index contributed by atoms with van der Waals surface area (Å²) in [6.07, 6.45) is 5.27. The first-order valence-corrected chi connectivity index (χ1v) is 7.22. The van der Waals surface area contributed by atoms with Gasteiger partial charge in [-0.2, -0.15) is 0 Å². The maximum atomic E-state index is 12.7. The molecule has 0 spiro atoms. The lowest BCUT2D eigenvalue weighted by atomic mass is 10.0. The molecule has 112 valence electrons. The molecule has 0 unspecified atom stereocenters. The van der Waals surface area contributed by atoms with E-state index in [4.69, 9.17) is 5.73 Å². The Morgan fingerprint density at radius 1 is 1.52 bits per heavy atom. The molecule has 1 amide bonds. The number of hydrogen-bond acceptors (Lipinski definition) is 4. The largest absolute Gasteiger partial charge is 0.339 e. The summed E-state index contributed by atoms with van der Waals surface area (Å²) in [4.78, 5) is 20.9. The molecular weight excluding hydrogens is 264 g/mol. The Balaban J connectivity index is 2.16. The molecule has 1 aromatic heterocycles. The van der Waals surface area contributed by atoms with Gasteiger partial charge in [-0.3, -0.25) is 9.78 Å². The molecule has 21 heavy (non-hydrogen) atoms. The molecule has 1 saturated heterocycles. The molecule has 1 aliphatic heterocycles. The average Bonchev–Trinajstić information content (AvgIpc) is 2.52. The fourth-order valence-electron chi connectivity index (χ4n) is 2.56. The molecule has 1 aliphatic rings. The first-order valence-electron chi connectivity index (χ1n) is 7.22. The normalized spacial score (nSPS) is 16.1. The molecule has 1 fully saturated rings. The van der Waals surface area contributed by atoms with Crippen LogP contribution in [0.15, 0.2) is 18.5 Å². The number of rotatable bonds is 2. The van der Waals surface area contributed by atoms with E-state index in [1.165, 1.54) is 0 Å². The van der Waals surface area contributed by atoms with Crippen molar-refractivity contribution >= 4 is 5.91 Å². The lowest BCUT2D eigenvalue weighted by Gasteiger charge is -2.35. The summed E-state index contributed by atoms with van der Waals surface area (Å²) < 4.78 is 0. The second-order valence-electron chi connectivity index (χ2n) is 5.38. The first-order chi connectivity index (χ1) is 10.1. The molecule has 2 N–H and O–H groups in total. The third-order valence-corrected chi connectivity index (χ3v) is 3.93. The van der Waals surface area contributed by atoms with Crippen LogP contribution in [-0.4, -0.2) is 60.5 Å². The minimum Gasteiger partial charge on any atom is -0.339 e.